The number of methoxy groups -OCH3 is 1. The Hall–Kier alpha value is -2.87. The molecule has 0 spiro atoms. The van der Waals surface area contributed by atoms with Crippen molar-refractivity contribution in [2.24, 2.45) is 0 Å². The molecule has 0 aliphatic heterocycles. The van der Waals surface area contributed by atoms with Crippen LogP contribution in [0.2, 0.25) is 0 Å². The van der Waals surface area contributed by atoms with E-state index in [2.05, 4.69) is 44.2 Å². The summed E-state index contributed by atoms with van der Waals surface area (Å²) in [6.07, 6.45) is 0. The normalized spacial score (nSPS) is 10.5. The van der Waals surface area contributed by atoms with E-state index in [9.17, 15) is 4.79 Å². The fourth-order valence-corrected chi connectivity index (χ4v) is 2.97. The first-order valence-electron chi connectivity index (χ1n) is 7.95. The Kier molecular flexibility index (Phi) is 4.48. The summed E-state index contributed by atoms with van der Waals surface area (Å²) in [7, 11) is 1.41. The SMILES string of the molecule is COC(=O)c1cc(-c2ccccc2C)cc(-c2ccccc2C)c1. The molecule has 0 radical (unpaired) electrons. The van der Waals surface area contributed by atoms with E-state index >= 15 is 0 Å². The molecule has 24 heavy (non-hydrogen) atoms. The minimum Gasteiger partial charge on any atom is -0.465 e. The van der Waals surface area contributed by atoms with Crippen LogP contribution >= 0.6 is 0 Å². The molecule has 3 rings (SSSR count). The molecular weight excluding hydrogens is 296 g/mol. The van der Waals surface area contributed by atoms with Crippen molar-refractivity contribution < 1.29 is 9.53 Å². The number of carbonyl (C=O) groups is 1. The Balaban J connectivity index is 2.24. The number of hydrogen-bond donors (Lipinski definition) is 0. The lowest BCUT2D eigenvalue weighted by atomic mass is 9.92. The van der Waals surface area contributed by atoms with Gasteiger partial charge < -0.3 is 4.74 Å². The van der Waals surface area contributed by atoms with Crippen LogP contribution < -0.4 is 0 Å². The molecule has 0 amide bonds. The van der Waals surface area contributed by atoms with Gasteiger partial charge in [-0.3, -0.25) is 0 Å². The maximum Gasteiger partial charge on any atom is 0.337 e. The Bertz CT molecular complexity index is 830. The molecule has 0 saturated carbocycles. The summed E-state index contributed by atoms with van der Waals surface area (Å²) in [6.45, 7) is 4.15. The standard InChI is InChI=1S/C22H20O2/c1-15-8-4-6-10-20(15)17-12-18(14-19(13-17)22(23)24-3)21-11-7-5-9-16(21)2/h4-14H,1-3H3. The third-order valence-corrected chi connectivity index (χ3v) is 4.27. The first-order chi connectivity index (χ1) is 11.6. The summed E-state index contributed by atoms with van der Waals surface area (Å²) in [5.41, 5.74) is 7.21. The summed E-state index contributed by atoms with van der Waals surface area (Å²) in [5, 5.41) is 0. The zero-order valence-corrected chi connectivity index (χ0v) is 14.2. The average molecular weight is 316 g/mol. The van der Waals surface area contributed by atoms with Gasteiger partial charge in [0, 0.05) is 0 Å². The molecule has 0 atom stereocenters. The molecule has 2 nitrogen and oxygen atoms in total. The van der Waals surface area contributed by atoms with Gasteiger partial charge >= 0.3 is 5.97 Å². The molecular formula is C22H20O2. The third-order valence-electron chi connectivity index (χ3n) is 4.27. The van der Waals surface area contributed by atoms with Gasteiger partial charge in [-0.05, 0) is 65.4 Å². The Morgan fingerprint density at radius 1 is 0.750 bits per heavy atom. The molecule has 0 aliphatic carbocycles. The van der Waals surface area contributed by atoms with Gasteiger partial charge in [0.05, 0.1) is 12.7 Å². The number of carbonyl (C=O) groups excluding carboxylic acids is 1. The fourth-order valence-electron chi connectivity index (χ4n) is 2.97. The van der Waals surface area contributed by atoms with E-state index in [1.807, 2.05) is 36.4 Å². The van der Waals surface area contributed by atoms with Gasteiger partial charge in [0.15, 0.2) is 0 Å². The van der Waals surface area contributed by atoms with E-state index in [-0.39, 0.29) is 5.97 Å². The van der Waals surface area contributed by atoms with E-state index in [0.29, 0.717) is 5.56 Å². The molecule has 0 heterocycles. The lowest BCUT2D eigenvalue weighted by molar-refractivity contribution is 0.0601. The van der Waals surface area contributed by atoms with E-state index in [0.717, 1.165) is 22.3 Å². The van der Waals surface area contributed by atoms with Crippen molar-refractivity contribution in [3.05, 3.63) is 83.4 Å². The quantitative estimate of drug-likeness (QED) is 0.603. The molecule has 0 unspecified atom stereocenters. The van der Waals surface area contributed by atoms with Crippen molar-refractivity contribution in [3.63, 3.8) is 0 Å². The van der Waals surface area contributed by atoms with E-state index in [4.69, 9.17) is 4.74 Å². The zero-order valence-electron chi connectivity index (χ0n) is 14.2. The van der Waals surface area contributed by atoms with Crippen molar-refractivity contribution >= 4 is 5.97 Å². The Labute approximate surface area is 142 Å². The van der Waals surface area contributed by atoms with Gasteiger partial charge in [-0.1, -0.05) is 48.5 Å². The second-order valence-electron chi connectivity index (χ2n) is 5.92. The monoisotopic (exact) mass is 316 g/mol. The van der Waals surface area contributed by atoms with Gasteiger partial charge in [0.2, 0.25) is 0 Å². The van der Waals surface area contributed by atoms with Crippen LogP contribution in [-0.2, 0) is 4.74 Å². The lowest BCUT2D eigenvalue weighted by Gasteiger charge is -2.13. The van der Waals surface area contributed by atoms with Crippen LogP contribution in [0.15, 0.2) is 66.7 Å². The van der Waals surface area contributed by atoms with Crippen LogP contribution in [0, 0.1) is 13.8 Å². The number of ether oxygens (including phenoxy) is 1. The Morgan fingerprint density at radius 3 is 1.62 bits per heavy atom. The summed E-state index contributed by atoms with van der Waals surface area (Å²) in [5.74, 6) is -0.319. The molecule has 3 aromatic carbocycles. The van der Waals surface area contributed by atoms with Gasteiger partial charge in [0.1, 0.15) is 0 Å². The minimum absolute atomic E-state index is 0.319. The van der Waals surface area contributed by atoms with Crippen LogP contribution in [0.5, 0.6) is 0 Å². The van der Waals surface area contributed by atoms with Crippen molar-refractivity contribution in [2.45, 2.75) is 13.8 Å². The number of rotatable bonds is 3. The molecule has 0 fully saturated rings. The predicted octanol–water partition coefficient (Wildman–Crippen LogP) is 5.42. The van der Waals surface area contributed by atoms with Gasteiger partial charge in [-0.2, -0.15) is 0 Å². The molecule has 120 valence electrons. The molecule has 0 aromatic heterocycles. The molecule has 2 heteroatoms. The molecule has 0 N–H and O–H groups in total. The highest BCUT2D eigenvalue weighted by Crippen LogP contribution is 2.31. The van der Waals surface area contributed by atoms with Crippen LogP contribution in [0.4, 0.5) is 0 Å². The number of aryl methyl sites for hydroxylation is 2. The molecule has 3 aromatic rings. The highest BCUT2D eigenvalue weighted by atomic mass is 16.5. The molecule has 0 aliphatic rings. The maximum absolute atomic E-state index is 12.1. The van der Waals surface area contributed by atoms with Gasteiger partial charge in [0.25, 0.3) is 0 Å². The first kappa shape index (κ1) is 16.0. The maximum atomic E-state index is 12.1. The topological polar surface area (TPSA) is 26.3 Å². The lowest BCUT2D eigenvalue weighted by Crippen LogP contribution is -2.02. The average Bonchev–Trinajstić information content (AvgIpc) is 2.61. The van der Waals surface area contributed by atoms with E-state index in [1.165, 1.54) is 18.2 Å². The number of hydrogen-bond acceptors (Lipinski definition) is 2. The van der Waals surface area contributed by atoms with E-state index < -0.39 is 0 Å². The smallest absolute Gasteiger partial charge is 0.337 e. The highest BCUT2D eigenvalue weighted by molar-refractivity contribution is 5.93. The van der Waals surface area contributed by atoms with Crippen LogP contribution in [0.3, 0.4) is 0 Å². The minimum atomic E-state index is -0.319. The predicted molar refractivity (Wildman–Crippen MR) is 98.1 cm³/mol. The summed E-state index contributed by atoms with van der Waals surface area (Å²) in [4.78, 5) is 12.1. The first-order valence-corrected chi connectivity index (χ1v) is 7.95. The fraction of sp³-hybridized carbons (Fsp3) is 0.136. The number of esters is 1. The zero-order chi connectivity index (χ0) is 17.1. The van der Waals surface area contributed by atoms with Crippen LogP contribution in [0.25, 0.3) is 22.3 Å². The van der Waals surface area contributed by atoms with Crippen molar-refractivity contribution in [1.82, 2.24) is 0 Å². The van der Waals surface area contributed by atoms with E-state index in [1.54, 1.807) is 0 Å². The van der Waals surface area contributed by atoms with Crippen molar-refractivity contribution in [1.29, 1.82) is 0 Å². The third kappa shape index (κ3) is 3.09. The van der Waals surface area contributed by atoms with Crippen molar-refractivity contribution in [3.8, 4) is 22.3 Å². The largest absolute Gasteiger partial charge is 0.465 e. The van der Waals surface area contributed by atoms with Crippen LogP contribution in [0.1, 0.15) is 21.5 Å². The Morgan fingerprint density at radius 2 is 1.21 bits per heavy atom. The van der Waals surface area contributed by atoms with Gasteiger partial charge in [-0.15, -0.1) is 0 Å². The van der Waals surface area contributed by atoms with Gasteiger partial charge in [-0.25, -0.2) is 4.79 Å². The summed E-state index contributed by atoms with van der Waals surface area (Å²) < 4.78 is 4.94. The van der Waals surface area contributed by atoms with Crippen LogP contribution in [-0.4, -0.2) is 13.1 Å². The van der Waals surface area contributed by atoms with Crippen molar-refractivity contribution in [2.75, 3.05) is 7.11 Å². The highest BCUT2D eigenvalue weighted by Gasteiger charge is 2.13. The molecule has 0 saturated heterocycles. The molecule has 0 bridgehead atoms. The second-order valence-corrected chi connectivity index (χ2v) is 5.92. The summed E-state index contributed by atoms with van der Waals surface area (Å²) >= 11 is 0. The number of benzene rings is 3. The summed E-state index contributed by atoms with van der Waals surface area (Å²) in [6, 6.07) is 22.3. The second kappa shape index (κ2) is 6.71.